The van der Waals surface area contributed by atoms with E-state index in [4.69, 9.17) is 10.5 Å². The van der Waals surface area contributed by atoms with Gasteiger partial charge >= 0.3 is 0 Å². The van der Waals surface area contributed by atoms with E-state index in [1.165, 1.54) is 24.1 Å². The molecule has 17 heavy (non-hydrogen) atoms. The monoisotopic (exact) mass is 234 g/mol. The number of anilines is 1. The summed E-state index contributed by atoms with van der Waals surface area (Å²) in [5.74, 6) is 0.915. The molecule has 1 aliphatic rings. The molecule has 0 saturated heterocycles. The Labute approximate surface area is 103 Å². The minimum absolute atomic E-state index is 0.407. The van der Waals surface area contributed by atoms with Crippen molar-refractivity contribution in [2.75, 3.05) is 12.4 Å². The molecule has 1 aromatic rings. The second-order valence-corrected chi connectivity index (χ2v) is 4.94. The van der Waals surface area contributed by atoms with Crippen LogP contribution in [0.2, 0.25) is 0 Å². The molecule has 1 aromatic carbocycles. The fourth-order valence-electron chi connectivity index (χ4n) is 2.41. The number of hydrogen-bond acceptors (Lipinski definition) is 3. The molecule has 0 bridgehead atoms. The van der Waals surface area contributed by atoms with Crippen LogP contribution in [-0.2, 0) is 0 Å². The van der Waals surface area contributed by atoms with E-state index in [9.17, 15) is 0 Å². The molecule has 0 amide bonds. The lowest BCUT2D eigenvalue weighted by atomic mass is 9.91. The smallest absolute Gasteiger partial charge is 0.119 e. The number of methoxy groups -OCH3 is 1. The number of rotatable bonds is 3. The lowest BCUT2D eigenvalue weighted by Crippen LogP contribution is -2.32. The number of nitrogens with one attached hydrogen (secondary N) is 1. The first-order valence-corrected chi connectivity index (χ1v) is 6.36. The molecule has 94 valence electrons. The van der Waals surface area contributed by atoms with Gasteiger partial charge in [-0.15, -0.1) is 0 Å². The Morgan fingerprint density at radius 2 is 1.94 bits per heavy atom. The van der Waals surface area contributed by atoms with Crippen LogP contribution in [0.15, 0.2) is 18.2 Å². The van der Waals surface area contributed by atoms with E-state index >= 15 is 0 Å². The minimum Gasteiger partial charge on any atom is -0.497 e. The van der Waals surface area contributed by atoms with E-state index in [0.29, 0.717) is 12.1 Å². The van der Waals surface area contributed by atoms with Crippen molar-refractivity contribution in [2.24, 2.45) is 5.73 Å². The van der Waals surface area contributed by atoms with E-state index in [0.717, 1.165) is 18.6 Å². The summed E-state index contributed by atoms with van der Waals surface area (Å²) in [7, 11) is 1.70. The summed E-state index contributed by atoms with van der Waals surface area (Å²) in [6.07, 6.45) is 4.61. The van der Waals surface area contributed by atoms with Crippen molar-refractivity contribution >= 4 is 5.69 Å². The lowest BCUT2D eigenvalue weighted by molar-refractivity contribution is 0.410. The van der Waals surface area contributed by atoms with Crippen LogP contribution in [0.5, 0.6) is 5.75 Å². The van der Waals surface area contributed by atoms with Crippen molar-refractivity contribution in [1.29, 1.82) is 0 Å². The van der Waals surface area contributed by atoms with Gasteiger partial charge in [0.25, 0.3) is 0 Å². The average Bonchev–Trinajstić information content (AvgIpc) is 2.34. The zero-order valence-corrected chi connectivity index (χ0v) is 10.7. The van der Waals surface area contributed by atoms with Crippen LogP contribution >= 0.6 is 0 Å². The standard InChI is InChI=1S/C14H22N2O/c1-10-9-13(17-2)7-8-14(10)16-12-5-3-11(15)4-6-12/h7-9,11-12,16H,3-6,15H2,1-2H3. The molecule has 0 spiro atoms. The van der Waals surface area contributed by atoms with Crippen molar-refractivity contribution in [3.05, 3.63) is 23.8 Å². The van der Waals surface area contributed by atoms with Crippen molar-refractivity contribution in [3.8, 4) is 5.75 Å². The summed E-state index contributed by atoms with van der Waals surface area (Å²) in [5, 5.41) is 3.61. The van der Waals surface area contributed by atoms with Gasteiger partial charge < -0.3 is 15.8 Å². The molecule has 3 N–H and O–H groups in total. The molecule has 0 radical (unpaired) electrons. The van der Waals surface area contributed by atoms with Crippen LogP contribution in [-0.4, -0.2) is 19.2 Å². The van der Waals surface area contributed by atoms with E-state index in [-0.39, 0.29) is 0 Å². The number of aryl methyl sites for hydroxylation is 1. The first kappa shape index (κ1) is 12.2. The third kappa shape index (κ3) is 3.13. The predicted molar refractivity (Wildman–Crippen MR) is 71.6 cm³/mol. The molecule has 1 aliphatic carbocycles. The van der Waals surface area contributed by atoms with Crippen molar-refractivity contribution in [2.45, 2.75) is 44.7 Å². The van der Waals surface area contributed by atoms with Gasteiger partial charge in [0.1, 0.15) is 5.75 Å². The summed E-state index contributed by atoms with van der Waals surface area (Å²) < 4.78 is 5.21. The Balaban J connectivity index is 1.99. The fraction of sp³-hybridized carbons (Fsp3) is 0.571. The zero-order chi connectivity index (χ0) is 12.3. The first-order chi connectivity index (χ1) is 8.19. The molecule has 1 fully saturated rings. The van der Waals surface area contributed by atoms with E-state index in [2.05, 4.69) is 24.4 Å². The van der Waals surface area contributed by atoms with E-state index in [1.54, 1.807) is 7.11 Å². The molecular weight excluding hydrogens is 212 g/mol. The summed E-state index contributed by atoms with van der Waals surface area (Å²) in [6.45, 7) is 2.11. The molecule has 3 heteroatoms. The van der Waals surface area contributed by atoms with Crippen molar-refractivity contribution in [3.63, 3.8) is 0 Å². The van der Waals surface area contributed by atoms with Gasteiger partial charge in [-0.25, -0.2) is 0 Å². The van der Waals surface area contributed by atoms with Crippen LogP contribution < -0.4 is 15.8 Å². The Morgan fingerprint density at radius 1 is 1.24 bits per heavy atom. The van der Waals surface area contributed by atoms with Gasteiger partial charge in [-0.2, -0.15) is 0 Å². The fourth-order valence-corrected chi connectivity index (χ4v) is 2.41. The highest BCUT2D eigenvalue weighted by Crippen LogP contribution is 2.25. The summed E-state index contributed by atoms with van der Waals surface area (Å²) >= 11 is 0. The summed E-state index contributed by atoms with van der Waals surface area (Å²) in [4.78, 5) is 0. The highest BCUT2D eigenvalue weighted by Gasteiger charge is 2.18. The lowest BCUT2D eigenvalue weighted by Gasteiger charge is -2.28. The van der Waals surface area contributed by atoms with Crippen LogP contribution in [0.25, 0.3) is 0 Å². The van der Waals surface area contributed by atoms with Crippen LogP contribution in [0, 0.1) is 6.92 Å². The Hall–Kier alpha value is -1.22. The van der Waals surface area contributed by atoms with Gasteiger partial charge in [0.15, 0.2) is 0 Å². The molecule has 1 saturated carbocycles. The van der Waals surface area contributed by atoms with Gasteiger partial charge in [0, 0.05) is 17.8 Å². The zero-order valence-electron chi connectivity index (χ0n) is 10.7. The third-order valence-electron chi connectivity index (χ3n) is 3.57. The number of ether oxygens (including phenoxy) is 1. The Bertz CT molecular complexity index is 370. The second-order valence-electron chi connectivity index (χ2n) is 4.94. The van der Waals surface area contributed by atoms with Crippen LogP contribution in [0.4, 0.5) is 5.69 Å². The van der Waals surface area contributed by atoms with E-state index < -0.39 is 0 Å². The highest BCUT2D eigenvalue weighted by molar-refractivity contribution is 5.54. The summed E-state index contributed by atoms with van der Waals surface area (Å²) in [5.41, 5.74) is 8.36. The van der Waals surface area contributed by atoms with Crippen molar-refractivity contribution in [1.82, 2.24) is 0 Å². The van der Waals surface area contributed by atoms with Crippen LogP contribution in [0.1, 0.15) is 31.2 Å². The summed E-state index contributed by atoms with van der Waals surface area (Å²) in [6, 6.07) is 7.15. The maximum absolute atomic E-state index is 5.91. The third-order valence-corrected chi connectivity index (χ3v) is 3.57. The van der Waals surface area contributed by atoms with Gasteiger partial charge in [0.05, 0.1) is 7.11 Å². The Kier molecular flexibility index (Phi) is 3.89. The maximum atomic E-state index is 5.91. The van der Waals surface area contributed by atoms with Gasteiger partial charge in [-0.3, -0.25) is 0 Å². The highest BCUT2D eigenvalue weighted by atomic mass is 16.5. The molecule has 0 unspecified atom stereocenters. The van der Waals surface area contributed by atoms with Gasteiger partial charge in [-0.05, 0) is 56.4 Å². The Morgan fingerprint density at radius 3 is 2.53 bits per heavy atom. The quantitative estimate of drug-likeness (QED) is 0.845. The maximum Gasteiger partial charge on any atom is 0.119 e. The molecule has 0 heterocycles. The number of benzene rings is 1. The predicted octanol–water partition coefficient (Wildman–Crippen LogP) is 2.69. The molecule has 2 rings (SSSR count). The average molecular weight is 234 g/mol. The van der Waals surface area contributed by atoms with Gasteiger partial charge in [-0.1, -0.05) is 0 Å². The minimum atomic E-state index is 0.407. The number of nitrogens with two attached hydrogens (primary N) is 1. The second kappa shape index (κ2) is 5.41. The SMILES string of the molecule is COc1ccc(NC2CCC(N)CC2)c(C)c1. The first-order valence-electron chi connectivity index (χ1n) is 6.36. The molecule has 3 nitrogen and oxygen atoms in total. The normalized spacial score (nSPS) is 24.4. The van der Waals surface area contributed by atoms with Crippen LogP contribution in [0.3, 0.4) is 0 Å². The molecule has 0 aromatic heterocycles. The largest absolute Gasteiger partial charge is 0.497 e. The number of hydrogen-bond donors (Lipinski definition) is 2. The molecular formula is C14H22N2O. The van der Waals surface area contributed by atoms with Crippen molar-refractivity contribution < 1.29 is 4.74 Å². The van der Waals surface area contributed by atoms with Gasteiger partial charge in [0.2, 0.25) is 0 Å². The van der Waals surface area contributed by atoms with E-state index in [1.807, 2.05) is 6.07 Å². The molecule has 0 atom stereocenters. The molecule has 0 aliphatic heterocycles. The topological polar surface area (TPSA) is 47.3 Å².